The molecule has 3 aromatic rings. The number of carbonyl (C=O) groups is 2. The lowest BCUT2D eigenvalue weighted by atomic mass is 9.90. The summed E-state index contributed by atoms with van der Waals surface area (Å²) in [6.07, 6.45) is 6.54. The molecule has 10 nitrogen and oxygen atoms in total. The third kappa shape index (κ3) is 6.69. The van der Waals surface area contributed by atoms with Gasteiger partial charge in [-0.1, -0.05) is 31.2 Å². The van der Waals surface area contributed by atoms with Gasteiger partial charge in [0, 0.05) is 54.9 Å². The second-order valence-electron chi connectivity index (χ2n) is 11.1. The van der Waals surface area contributed by atoms with E-state index in [0.29, 0.717) is 13.2 Å². The third-order valence-corrected chi connectivity index (χ3v) is 8.05. The Bertz CT molecular complexity index is 1270. The van der Waals surface area contributed by atoms with Crippen LogP contribution in [0.25, 0.3) is 10.9 Å². The van der Waals surface area contributed by atoms with Crippen LogP contribution in [0.2, 0.25) is 0 Å². The van der Waals surface area contributed by atoms with Gasteiger partial charge in [0.2, 0.25) is 11.8 Å². The molecule has 2 unspecified atom stereocenters. The molecule has 2 aliphatic rings. The molecule has 10 heteroatoms. The van der Waals surface area contributed by atoms with Crippen molar-refractivity contribution in [2.24, 2.45) is 11.7 Å². The highest BCUT2D eigenvalue weighted by Crippen LogP contribution is 2.29. The maximum Gasteiger partial charge on any atom is 0.245 e. The maximum atomic E-state index is 13.9. The van der Waals surface area contributed by atoms with E-state index in [0.717, 1.165) is 48.9 Å². The van der Waals surface area contributed by atoms with E-state index in [2.05, 4.69) is 26.3 Å². The number of aromatic nitrogens is 2. The van der Waals surface area contributed by atoms with Crippen molar-refractivity contribution in [3.8, 4) is 0 Å². The van der Waals surface area contributed by atoms with Crippen LogP contribution < -0.4 is 11.1 Å². The average Bonchev–Trinajstić information content (AvgIpc) is 3.41. The molecule has 5 rings (SSSR count). The van der Waals surface area contributed by atoms with Crippen LogP contribution in [0.15, 0.2) is 55.0 Å². The first-order valence-electron chi connectivity index (χ1n) is 14.1. The van der Waals surface area contributed by atoms with Crippen molar-refractivity contribution in [2.75, 3.05) is 39.9 Å². The number of hydrogen-bond acceptors (Lipinski definition) is 7. The first kappa shape index (κ1) is 28.2. The summed E-state index contributed by atoms with van der Waals surface area (Å²) >= 11 is 0. The lowest BCUT2D eigenvalue weighted by Crippen LogP contribution is -2.54. The molecule has 4 heterocycles. The van der Waals surface area contributed by atoms with Gasteiger partial charge in [0.05, 0.1) is 25.8 Å². The molecule has 1 aromatic carbocycles. The molecule has 2 amide bonds. The van der Waals surface area contributed by atoms with Crippen LogP contribution in [-0.4, -0.2) is 89.9 Å². The molecule has 2 fully saturated rings. The number of likely N-dealkylation sites (tertiary alicyclic amines) is 1. The van der Waals surface area contributed by atoms with Crippen molar-refractivity contribution >= 4 is 22.7 Å². The molecule has 214 valence electrons. The predicted molar refractivity (Wildman–Crippen MR) is 152 cm³/mol. The van der Waals surface area contributed by atoms with Gasteiger partial charge in [-0.3, -0.25) is 19.5 Å². The number of H-pyrrole nitrogens is 1. The van der Waals surface area contributed by atoms with Crippen molar-refractivity contribution < 1.29 is 19.1 Å². The second kappa shape index (κ2) is 12.9. The Morgan fingerprint density at radius 2 is 1.93 bits per heavy atom. The van der Waals surface area contributed by atoms with E-state index in [-0.39, 0.29) is 36.2 Å². The minimum atomic E-state index is -0.740. The third-order valence-electron chi connectivity index (χ3n) is 8.05. The van der Waals surface area contributed by atoms with Crippen LogP contribution in [0, 0.1) is 5.92 Å². The van der Waals surface area contributed by atoms with E-state index < -0.39 is 12.3 Å². The summed E-state index contributed by atoms with van der Waals surface area (Å²) in [6, 6.07) is 11.1. The van der Waals surface area contributed by atoms with Crippen LogP contribution >= 0.6 is 0 Å². The van der Waals surface area contributed by atoms with Crippen molar-refractivity contribution in [1.82, 2.24) is 25.1 Å². The van der Waals surface area contributed by atoms with Gasteiger partial charge >= 0.3 is 0 Å². The van der Waals surface area contributed by atoms with E-state index >= 15 is 0 Å². The number of nitrogens with one attached hydrogen (secondary N) is 2. The fourth-order valence-corrected chi connectivity index (χ4v) is 5.64. The lowest BCUT2D eigenvalue weighted by Gasteiger charge is -2.35. The van der Waals surface area contributed by atoms with Gasteiger partial charge in [-0.05, 0) is 49.2 Å². The summed E-state index contributed by atoms with van der Waals surface area (Å²) in [5.74, 6) is -0.660. The number of likely N-dealkylation sites (N-methyl/N-ethyl adjacent to an activating group) is 1. The van der Waals surface area contributed by atoms with Crippen LogP contribution in [-0.2, 0) is 25.6 Å². The summed E-state index contributed by atoms with van der Waals surface area (Å²) in [5, 5.41) is 4.20. The quantitative estimate of drug-likeness (QED) is 0.374. The minimum Gasteiger partial charge on any atom is -0.361 e. The number of nitrogens with zero attached hydrogens (tertiary/aromatic N) is 3. The molecule has 4 N–H and O–H groups in total. The Morgan fingerprint density at radius 1 is 1.18 bits per heavy atom. The number of nitrogens with two attached hydrogens (primary N) is 1. The van der Waals surface area contributed by atoms with E-state index in [4.69, 9.17) is 15.2 Å². The van der Waals surface area contributed by atoms with Crippen LogP contribution in [0.4, 0.5) is 0 Å². The Balaban J connectivity index is 1.27. The van der Waals surface area contributed by atoms with Crippen LogP contribution in [0.5, 0.6) is 0 Å². The van der Waals surface area contributed by atoms with Crippen molar-refractivity contribution in [3.05, 3.63) is 66.1 Å². The summed E-state index contributed by atoms with van der Waals surface area (Å²) in [6.45, 7) is 5.49. The molecule has 2 saturated heterocycles. The van der Waals surface area contributed by atoms with E-state index in [1.54, 1.807) is 18.1 Å². The fourth-order valence-electron chi connectivity index (χ4n) is 5.64. The zero-order chi connectivity index (χ0) is 28.1. The highest BCUT2D eigenvalue weighted by Gasteiger charge is 2.35. The number of hydrogen-bond donors (Lipinski definition) is 3. The molecule has 0 aliphatic carbocycles. The number of amides is 2. The maximum absolute atomic E-state index is 13.9. The van der Waals surface area contributed by atoms with Gasteiger partial charge in [0.25, 0.3) is 0 Å². The molecule has 2 aliphatic heterocycles. The number of benzene rings is 1. The normalized spacial score (nSPS) is 22.1. The summed E-state index contributed by atoms with van der Waals surface area (Å²) < 4.78 is 11.3. The average molecular weight is 549 g/mol. The van der Waals surface area contributed by atoms with Crippen molar-refractivity contribution in [1.29, 1.82) is 0 Å². The second-order valence-corrected chi connectivity index (χ2v) is 11.1. The van der Waals surface area contributed by atoms with Gasteiger partial charge in [0.15, 0.2) is 6.29 Å². The Labute approximate surface area is 235 Å². The lowest BCUT2D eigenvalue weighted by molar-refractivity contribution is -0.193. The van der Waals surface area contributed by atoms with E-state index in [1.807, 2.05) is 49.6 Å². The van der Waals surface area contributed by atoms with E-state index in [1.165, 1.54) is 5.56 Å². The molecular formula is C30H40N6O4. The number of piperidine rings is 1. The standard InChI is InChI=1S/C30H40N6O4/c1-20(25-15-33-26-8-4-3-7-24(25)26)28(30(38)35(2)17-27-39-18-23(31)19-40-27)34-29(37)22-9-12-36(13-10-22)16-21-6-5-11-32-14-21/h3-8,11,14-15,20,22-23,27-28,33H,9-10,12-13,16-19,31H2,1-2H3,(H,34,37). The topological polar surface area (TPSA) is 126 Å². The minimum absolute atomic E-state index is 0.0735. The smallest absolute Gasteiger partial charge is 0.245 e. The van der Waals surface area contributed by atoms with Crippen LogP contribution in [0.3, 0.4) is 0 Å². The Hall–Kier alpha value is -3.31. The SMILES string of the molecule is CC(c1c[nH]c2ccccc12)C(NC(=O)C1CCN(Cc2cccnc2)CC1)C(=O)N(C)CC1OCC(N)CO1. The molecular weight excluding hydrogens is 508 g/mol. The molecule has 2 aromatic heterocycles. The first-order chi connectivity index (χ1) is 19.4. The number of fused-ring (bicyclic) bond motifs is 1. The zero-order valence-corrected chi connectivity index (χ0v) is 23.3. The Kier molecular flexibility index (Phi) is 9.11. The van der Waals surface area contributed by atoms with Gasteiger partial charge in [-0.15, -0.1) is 0 Å². The fraction of sp³-hybridized carbons (Fsp3) is 0.500. The van der Waals surface area contributed by atoms with Crippen LogP contribution in [0.1, 0.15) is 36.8 Å². The predicted octanol–water partition coefficient (Wildman–Crippen LogP) is 2.22. The molecule has 2 atom stereocenters. The molecule has 40 heavy (non-hydrogen) atoms. The highest BCUT2D eigenvalue weighted by atomic mass is 16.7. The summed E-state index contributed by atoms with van der Waals surface area (Å²) in [5.41, 5.74) is 9.01. The van der Waals surface area contributed by atoms with Gasteiger partial charge in [-0.25, -0.2) is 0 Å². The zero-order valence-electron chi connectivity index (χ0n) is 23.3. The number of para-hydroxylation sites is 1. The Morgan fingerprint density at radius 3 is 2.65 bits per heavy atom. The molecule has 0 radical (unpaired) electrons. The molecule has 0 saturated carbocycles. The first-order valence-corrected chi connectivity index (χ1v) is 14.1. The number of pyridine rings is 1. The highest BCUT2D eigenvalue weighted by molar-refractivity contribution is 5.91. The summed E-state index contributed by atoms with van der Waals surface area (Å²) in [4.78, 5) is 38.9. The van der Waals surface area contributed by atoms with Crippen molar-refractivity contribution in [2.45, 2.75) is 50.6 Å². The summed E-state index contributed by atoms with van der Waals surface area (Å²) in [7, 11) is 1.72. The molecule has 0 spiro atoms. The molecule has 0 bridgehead atoms. The number of carbonyl (C=O) groups excluding carboxylic acids is 2. The van der Waals surface area contributed by atoms with Gasteiger partial charge in [-0.2, -0.15) is 0 Å². The van der Waals surface area contributed by atoms with Crippen molar-refractivity contribution in [3.63, 3.8) is 0 Å². The number of rotatable bonds is 9. The number of ether oxygens (including phenoxy) is 2. The number of aromatic amines is 1. The van der Waals surface area contributed by atoms with Gasteiger partial charge < -0.3 is 30.4 Å². The van der Waals surface area contributed by atoms with Gasteiger partial charge in [0.1, 0.15) is 6.04 Å². The van der Waals surface area contributed by atoms with E-state index in [9.17, 15) is 9.59 Å². The monoisotopic (exact) mass is 548 g/mol. The largest absolute Gasteiger partial charge is 0.361 e.